The van der Waals surface area contributed by atoms with E-state index in [0.717, 1.165) is 5.96 Å². The lowest BCUT2D eigenvalue weighted by atomic mass is 10.5. The van der Waals surface area contributed by atoms with Crippen LogP contribution < -0.4 is 0 Å². The average molecular weight is 235 g/mol. The Morgan fingerprint density at radius 2 is 1.60 bits per heavy atom. The van der Waals surface area contributed by atoms with Crippen LogP contribution in [0.2, 0.25) is 0 Å². The second-order valence-electron chi connectivity index (χ2n) is 3.95. The molecule has 0 atom stereocenters. The largest absolute Gasteiger partial charge is 0.349 e. The Bertz CT molecular complexity index is 297. The zero-order valence-corrected chi connectivity index (χ0v) is 11.0. The quantitative estimate of drug-likeness (QED) is 0.388. The molecule has 0 N–H and O–H groups in total. The Labute approximate surface area is 92.7 Å². The van der Waals surface area contributed by atoms with Gasteiger partial charge in [-0.2, -0.15) is 0 Å². The fourth-order valence-corrected chi connectivity index (χ4v) is 1.84. The molecular weight excluding hydrogens is 214 g/mol. The van der Waals surface area contributed by atoms with Crippen molar-refractivity contribution >= 4 is 15.8 Å². The lowest BCUT2D eigenvalue weighted by Gasteiger charge is -2.22. The number of aliphatic imine (C=N–C) groups is 1. The molecule has 0 spiro atoms. The highest BCUT2D eigenvalue weighted by atomic mass is 32.2. The average Bonchev–Trinajstić information content (AvgIpc) is 2.00. The summed E-state index contributed by atoms with van der Waals surface area (Å²) in [5.41, 5.74) is 0. The van der Waals surface area contributed by atoms with Gasteiger partial charge in [0.1, 0.15) is 9.84 Å². The van der Waals surface area contributed by atoms with Gasteiger partial charge in [-0.3, -0.25) is 4.99 Å². The van der Waals surface area contributed by atoms with E-state index in [4.69, 9.17) is 0 Å². The minimum absolute atomic E-state index is 0.199. The molecule has 90 valence electrons. The van der Waals surface area contributed by atoms with Gasteiger partial charge in [-0.05, 0) is 6.42 Å². The van der Waals surface area contributed by atoms with Gasteiger partial charge in [-0.25, -0.2) is 8.42 Å². The Morgan fingerprint density at radius 3 is 1.93 bits per heavy atom. The number of hydrogen-bond donors (Lipinski definition) is 0. The molecule has 6 heteroatoms. The summed E-state index contributed by atoms with van der Waals surface area (Å²) in [6.07, 6.45) is 1.82. The molecule has 5 nitrogen and oxygen atoms in total. The first-order chi connectivity index (χ1) is 6.74. The predicted octanol–water partition coefficient (Wildman–Crippen LogP) is -0.0997. The number of hydrogen-bond acceptors (Lipinski definition) is 3. The summed E-state index contributed by atoms with van der Waals surface area (Å²) in [4.78, 5) is 8.14. The normalized spacial score (nSPS) is 11.0. The van der Waals surface area contributed by atoms with Gasteiger partial charge in [0.2, 0.25) is 0 Å². The maximum atomic E-state index is 10.9. The van der Waals surface area contributed by atoms with E-state index < -0.39 is 9.84 Å². The van der Waals surface area contributed by atoms with E-state index in [9.17, 15) is 8.42 Å². The van der Waals surface area contributed by atoms with Gasteiger partial charge in [0, 0.05) is 41.0 Å². The van der Waals surface area contributed by atoms with Crippen LogP contribution in [0.1, 0.15) is 6.42 Å². The van der Waals surface area contributed by atoms with Crippen LogP contribution in [0.25, 0.3) is 0 Å². The molecule has 0 saturated heterocycles. The van der Waals surface area contributed by atoms with E-state index >= 15 is 0 Å². The Kier molecular flexibility index (Phi) is 5.64. The van der Waals surface area contributed by atoms with Gasteiger partial charge in [0.25, 0.3) is 0 Å². The summed E-state index contributed by atoms with van der Waals surface area (Å²) in [5.74, 6) is 1.05. The van der Waals surface area contributed by atoms with Crippen molar-refractivity contribution in [2.45, 2.75) is 6.42 Å². The second kappa shape index (κ2) is 5.95. The molecule has 0 aliphatic carbocycles. The van der Waals surface area contributed by atoms with Crippen LogP contribution in [0.5, 0.6) is 0 Å². The zero-order valence-electron chi connectivity index (χ0n) is 10.2. The van der Waals surface area contributed by atoms with Gasteiger partial charge >= 0.3 is 0 Å². The van der Waals surface area contributed by atoms with Gasteiger partial charge in [-0.1, -0.05) is 0 Å². The molecule has 0 aliphatic rings. The summed E-state index contributed by atoms with van der Waals surface area (Å²) in [7, 11) is 4.79. The molecule has 0 aliphatic heterocycles. The topological polar surface area (TPSA) is 53.0 Å². The smallest absolute Gasteiger partial charge is 0.195 e. The molecule has 0 aromatic carbocycles. The highest BCUT2D eigenvalue weighted by Gasteiger charge is 2.04. The Hall–Kier alpha value is -0.780. The molecule has 0 saturated carbocycles. The maximum Gasteiger partial charge on any atom is 0.195 e. The molecule has 15 heavy (non-hydrogen) atoms. The fourth-order valence-electron chi connectivity index (χ4n) is 1.19. The van der Waals surface area contributed by atoms with Crippen molar-refractivity contribution in [1.82, 2.24) is 9.80 Å². The summed E-state index contributed by atoms with van der Waals surface area (Å²) < 4.78 is 21.7. The van der Waals surface area contributed by atoms with Crippen LogP contribution in [0, 0.1) is 0 Å². The third-order valence-corrected chi connectivity index (χ3v) is 2.76. The third-order valence-electron chi connectivity index (χ3n) is 1.73. The molecule has 0 aromatic rings. The standard InChI is InChI=1S/C9H21N3O2S/c1-11(2)9(12(3)4)10-7-6-8-15(5,13)14/h6-8H2,1-5H3. The first kappa shape index (κ1) is 14.2. The van der Waals surface area contributed by atoms with E-state index in [0.29, 0.717) is 13.0 Å². The number of rotatable bonds is 4. The van der Waals surface area contributed by atoms with Crippen LogP contribution in [-0.2, 0) is 9.84 Å². The summed E-state index contributed by atoms with van der Waals surface area (Å²) in [6.45, 7) is 0.540. The first-order valence-electron chi connectivity index (χ1n) is 4.81. The van der Waals surface area contributed by atoms with E-state index in [2.05, 4.69) is 4.99 Å². The highest BCUT2D eigenvalue weighted by Crippen LogP contribution is 1.93. The Balaban J connectivity index is 4.13. The molecular formula is C9H21N3O2S. The molecule has 0 aromatic heterocycles. The molecule has 0 amide bonds. The van der Waals surface area contributed by atoms with Crippen molar-refractivity contribution < 1.29 is 8.42 Å². The van der Waals surface area contributed by atoms with E-state index in [1.54, 1.807) is 0 Å². The van der Waals surface area contributed by atoms with Gasteiger partial charge in [0.05, 0.1) is 5.75 Å². The monoisotopic (exact) mass is 235 g/mol. The highest BCUT2D eigenvalue weighted by molar-refractivity contribution is 7.90. The Morgan fingerprint density at radius 1 is 1.13 bits per heavy atom. The SMILES string of the molecule is CN(C)C(=NCCCS(C)(=O)=O)N(C)C. The second-order valence-corrected chi connectivity index (χ2v) is 6.21. The number of guanidine groups is 1. The fraction of sp³-hybridized carbons (Fsp3) is 0.889. The molecule has 0 heterocycles. The lowest BCUT2D eigenvalue weighted by molar-refractivity contribution is 0.479. The van der Waals surface area contributed by atoms with Crippen LogP contribution in [0.4, 0.5) is 0 Å². The van der Waals surface area contributed by atoms with E-state index in [1.807, 2.05) is 38.0 Å². The molecule has 0 unspecified atom stereocenters. The van der Waals surface area contributed by atoms with Crippen LogP contribution >= 0.6 is 0 Å². The maximum absolute atomic E-state index is 10.9. The summed E-state index contributed by atoms with van der Waals surface area (Å²) in [6, 6.07) is 0. The predicted molar refractivity (Wildman–Crippen MR) is 64.0 cm³/mol. The zero-order chi connectivity index (χ0) is 12.1. The minimum atomic E-state index is -2.86. The van der Waals surface area contributed by atoms with E-state index in [-0.39, 0.29) is 5.75 Å². The van der Waals surface area contributed by atoms with Crippen molar-refractivity contribution in [3.05, 3.63) is 0 Å². The van der Waals surface area contributed by atoms with Gasteiger partial charge in [0.15, 0.2) is 5.96 Å². The van der Waals surface area contributed by atoms with Crippen molar-refractivity contribution in [3.8, 4) is 0 Å². The van der Waals surface area contributed by atoms with Crippen molar-refractivity contribution in [1.29, 1.82) is 0 Å². The molecule has 0 rings (SSSR count). The van der Waals surface area contributed by atoms with Crippen LogP contribution in [0.3, 0.4) is 0 Å². The van der Waals surface area contributed by atoms with Crippen molar-refractivity contribution in [3.63, 3.8) is 0 Å². The van der Waals surface area contributed by atoms with Crippen molar-refractivity contribution in [2.75, 3.05) is 46.7 Å². The minimum Gasteiger partial charge on any atom is -0.349 e. The number of sulfone groups is 1. The lowest BCUT2D eigenvalue weighted by Crippen LogP contribution is -2.35. The van der Waals surface area contributed by atoms with Crippen LogP contribution in [0.15, 0.2) is 4.99 Å². The molecule has 0 radical (unpaired) electrons. The van der Waals surface area contributed by atoms with Gasteiger partial charge in [-0.15, -0.1) is 0 Å². The van der Waals surface area contributed by atoms with Crippen molar-refractivity contribution in [2.24, 2.45) is 4.99 Å². The molecule has 0 bridgehead atoms. The summed E-state index contributed by atoms with van der Waals surface area (Å²) in [5, 5.41) is 0. The summed E-state index contributed by atoms with van der Waals surface area (Å²) >= 11 is 0. The van der Waals surface area contributed by atoms with Gasteiger partial charge < -0.3 is 9.80 Å². The molecule has 0 fully saturated rings. The van der Waals surface area contributed by atoms with E-state index in [1.165, 1.54) is 6.26 Å². The van der Waals surface area contributed by atoms with Crippen LogP contribution in [-0.4, -0.2) is 70.9 Å². The third kappa shape index (κ3) is 7.18. The number of nitrogens with zero attached hydrogens (tertiary/aromatic N) is 3. The first-order valence-corrected chi connectivity index (χ1v) is 6.87.